The topological polar surface area (TPSA) is 116 Å². The van der Waals surface area contributed by atoms with Crippen molar-refractivity contribution in [1.29, 1.82) is 0 Å². The average Bonchev–Trinajstić information content (AvgIpc) is 3.53. The van der Waals surface area contributed by atoms with Gasteiger partial charge in [-0.1, -0.05) is 6.92 Å². The van der Waals surface area contributed by atoms with Gasteiger partial charge in [0.25, 0.3) is 0 Å². The number of aliphatic hydroxyl groups excluding tert-OH is 1. The largest absolute Gasteiger partial charge is 0.506 e. The Morgan fingerprint density at radius 2 is 2.06 bits per heavy atom. The van der Waals surface area contributed by atoms with Crippen LogP contribution in [0, 0.1) is 6.92 Å². The van der Waals surface area contributed by atoms with Crippen molar-refractivity contribution < 1.29 is 43.4 Å². The molecule has 2 N–H and O–H groups in total. The van der Waals surface area contributed by atoms with Gasteiger partial charge >= 0.3 is 0 Å². The number of rotatable bonds is 6. The molecule has 5 aliphatic rings. The minimum atomic E-state index is -1.25. The summed E-state index contributed by atoms with van der Waals surface area (Å²) < 4.78 is 37.5. The number of hydrogen-bond acceptors (Lipinski definition) is 9. The predicted octanol–water partition coefficient (Wildman–Crippen LogP) is 2.87. The Labute approximate surface area is 208 Å². The minimum Gasteiger partial charge on any atom is -0.506 e. The lowest BCUT2D eigenvalue weighted by atomic mass is 9.72. The third kappa shape index (κ3) is 2.41. The van der Waals surface area contributed by atoms with Gasteiger partial charge in [0, 0.05) is 29.5 Å². The Morgan fingerprint density at radius 3 is 2.75 bits per heavy atom. The van der Waals surface area contributed by atoms with Crippen LogP contribution in [0.15, 0.2) is 6.07 Å². The number of ketones is 1. The van der Waals surface area contributed by atoms with E-state index in [4.69, 9.17) is 28.4 Å². The fourth-order valence-corrected chi connectivity index (χ4v) is 7.04. The molecule has 2 aromatic rings. The van der Waals surface area contributed by atoms with Gasteiger partial charge in [-0.25, -0.2) is 0 Å². The van der Waals surface area contributed by atoms with Gasteiger partial charge in [0.05, 0.1) is 31.3 Å². The highest BCUT2D eigenvalue weighted by Crippen LogP contribution is 2.70. The van der Waals surface area contributed by atoms with E-state index in [9.17, 15) is 15.0 Å². The Kier molecular flexibility index (Phi) is 4.63. The molecule has 0 aromatic heterocycles. The number of aromatic hydroxyl groups is 1. The molecule has 36 heavy (non-hydrogen) atoms. The summed E-state index contributed by atoms with van der Waals surface area (Å²) in [7, 11) is 1.57. The number of Topliss-reactive ketones (excluding diaryl/α,β-unsaturated/α-hetero) is 1. The van der Waals surface area contributed by atoms with Crippen LogP contribution >= 0.6 is 0 Å². The minimum absolute atomic E-state index is 0.116. The lowest BCUT2D eigenvalue weighted by Gasteiger charge is -2.48. The Morgan fingerprint density at radius 1 is 1.25 bits per heavy atom. The molecule has 192 valence electrons. The monoisotopic (exact) mass is 498 g/mol. The van der Waals surface area contributed by atoms with E-state index in [0.717, 1.165) is 23.1 Å². The maximum absolute atomic E-state index is 12.9. The fourth-order valence-electron chi connectivity index (χ4n) is 7.04. The fraction of sp³-hybridized carbons (Fsp3) is 0.593. The molecule has 3 unspecified atom stereocenters. The lowest BCUT2D eigenvalue weighted by molar-refractivity contribution is -0.248. The molecule has 2 bridgehead atoms. The molecule has 4 aliphatic heterocycles. The van der Waals surface area contributed by atoms with Crippen molar-refractivity contribution in [3.63, 3.8) is 0 Å². The number of ether oxygens (including phenoxy) is 6. The second-order valence-corrected chi connectivity index (χ2v) is 10.5. The highest BCUT2D eigenvalue weighted by molar-refractivity contribution is 6.11. The second-order valence-electron chi connectivity index (χ2n) is 10.5. The van der Waals surface area contributed by atoms with E-state index in [1.54, 1.807) is 7.11 Å². The lowest BCUT2D eigenvalue weighted by Crippen LogP contribution is -2.69. The van der Waals surface area contributed by atoms with Crippen molar-refractivity contribution in [2.45, 2.75) is 68.7 Å². The van der Waals surface area contributed by atoms with Crippen LogP contribution in [0.4, 0.5) is 0 Å². The van der Waals surface area contributed by atoms with Crippen LogP contribution in [0.5, 0.6) is 17.2 Å². The molecular formula is C27H30O9. The summed E-state index contributed by atoms with van der Waals surface area (Å²) in [6, 6.07) is 1.94. The van der Waals surface area contributed by atoms with Crippen molar-refractivity contribution in [2.75, 3.05) is 33.5 Å². The van der Waals surface area contributed by atoms with Crippen LogP contribution in [0.2, 0.25) is 0 Å². The summed E-state index contributed by atoms with van der Waals surface area (Å²) in [6.45, 7) is 4.59. The summed E-state index contributed by atoms with van der Waals surface area (Å²) in [4.78, 5) is 12.9. The summed E-state index contributed by atoms with van der Waals surface area (Å²) in [5, 5.41) is 23.4. The molecule has 2 aromatic carbocycles. The van der Waals surface area contributed by atoms with Gasteiger partial charge in [0.2, 0.25) is 5.79 Å². The molecule has 7 rings (SSSR count). The number of methoxy groups -OCH3 is 1. The van der Waals surface area contributed by atoms with E-state index in [-0.39, 0.29) is 36.9 Å². The Bertz CT molecular complexity index is 1310. The number of benzene rings is 2. The normalized spacial score (nSPS) is 35.2. The van der Waals surface area contributed by atoms with Crippen LogP contribution < -0.4 is 9.47 Å². The zero-order chi connectivity index (χ0) is 25.0. The van der Waals surface area contributed by atoms with Gasteiger partial charge in [0.15, 0.2) is 17.0 Å². The first kappa shape index (κ1) is 22.7. The van der Waals surface area contributed by atoms with Crippen LogP contribution in [0.3, 0.4) is 0 Å². The highest BCUT2D eigenvalue weighted by Gasteiger charge is 2.90. The first-order valence-electron chi connectivity index (χ1n) is 12.7. The predicted molar refractivity (Wildman–Crippen MR) is 126 cm³/mol. The summed E-state index contributed by atoms with van der Waals surface area (Å²) >= 11 is 0. The van der Waals surface area contributed by atoms with E-state index in [0.29, 0.717) is 48.1 Å². The standard InChI is InChI=1S/C27H30O9/c1-4-8-32-12-27-26(11-33-26)25(10-28)24(36-27)23(35-27)17-13(2)9-15-19(22(17)34-25)20(30)18-14(21(15)31-3)6-5-7-16(18)29/h9,23-24,28,30H,4-8,10-12H2,1-3H3/t23?,24?,25-,26+,27?/m1/s1. The van der Waals surface area contributed by atoms with Crippen LogP contribution in [-0.4, -0.2) is 72.6 Å². The number of phenolic OH excluding ortho intramolecular Hbond substituents is 1. The van der Waals surface area contributed by atoms with E-state index in [1.165, 1.54) is 0 Å². The Hall–Kier alpha value is -2.43. The molecular weight excluding hydrogens is 468 g/mol. The number of hydrogen-bond donors (Lipinski definition) is 2. The first-order chi connectivity index (χ1) is 17.4. The number of phenols is 1. The van der Waals surface area contributed by atoms with Gasteiger partial charge in [-0.15, -0.1) is 0 Å². The number of carbonyl (C=O) groups excluding carboxylic acids is 1. The molecule has 1 spiro atoms. The molecule has 0 radical (unpaired) electrons. The molecule has 3 saturated heterocycles. The third-order valence-electron chi connectivity index (χ3n) is 8.68. The van der Waals surface area contributed by atoms with Crippen molar-refractivity contribution >= 4 is 16.6 Å². The number of fused-ring (bicyclic) bond motifs is 8. The van der Waals surface area contributed by atoms with Gasteiger partial charge in [-0.2, -0.15) is 0 Å². The number of carbonyl (C=O) groups is 1. The van der Waals surface area contributed by atoms with Crippen LogP contribution in [-0.2, 0) is 25.4 Å². The molecule has 1 aliphatic carbocycles. The summed E-state index contributed by atoms with van der Waals surface area (Å²) in [5.41, 5.74) is 0.324. The van der Waals surface area contributed by atoms with Crippen molar-refractivity contribution in [3.05, 3.63) is 28.3 Å². The van der Waals surface area contributed by atoms with Gasteiger partial charge < -0.3 is 38.6 Å². The van der Waals surface area contributed by atoms with E-state index >= 15 is 0 Å². The maximum Gasteiger partial charge on any atom is 0.229 e. The van der Waals surface area contributed by atoms with Gasteiger partial charge in [-0.3, -0.25) is 4.79 Å². The number of aryl methyl sites for hydroxylation is 1. The van der Waals surface area contributed by atoms with E-state index < -0.39 is 29.2 Å². The smallest absolute Gasteiger partial charge is 0.229 e. The Balaban J connectivity index is 1.49. The van der Waals surface area contributed by atoms with Crippen LogP contribution in [0.1, 0.15) is 59.3 Å². The van der Waals surface area contributed by atoms with Gasteiger partial charge in [0.1, 0.15) is 36.1 Å². The van der Waals surface area contributed by atoms with Crippen molar-refractivity contribution in [2.24, 2.45) is 0 Å². The molecule has 9 heteroatoms. The zero-order valence-corrected chi connectivity index (χ0v) is 20.6. The average molecular weight is 499 g/mol. The van der Waals surface area contributed by atoms with E-state index in [2.05, 4.69) is 0 Å². The SMILES string of the molecule is CCCOCC12OC3c4c(C)cc5c(OC)c6c(c(O)c5c4O[C@](CO)(C3O1)[C@@]21CO1)C(=O)CCC6. The van der Waals surface area contributed by atoms with E-state index in [1.807, 2.05) is 19.9 Å². The highest BCUT2D eigenvalue weighted by atomic mass is 16.8. The summed E-state index contributed by atoms with van der Waals surface area (Å²) in [5.74, 6) is -0.495. The van der Waals surface area contributed by atoms with Crippen LogP contribution in [0.25, 0.3) is 10.8 Å². The molecule has 3 fully saturated rings. The molecule has 0 saturated carbocycles. The zero-order valence-electron chi connectivity index (χ0n) is 20.6. The molecule has 9 nitrogen and oxygen atoms in total. The summed E-state index contributed by atoms with van der Waals surface area (Å²) in [6.07, 6.45) is 1.37. The van der Waals surface area contributed by atoms with Gasteiger partial charge in [-0.05, 0) is 37.8 Å². The maximum atomic E-state index is 12.9. The number of epoxide rings is 1. The second kappa shape index (κ2) is 7.33. The van der Waals surface area contributed by atoms with Crippen molar-refractivity contribution in [1.82, 2.24) is 0 Å². The quantitative estimate of drug-likeness (QED) is 0.458. The third-order valence-corrected chi connectivity index (χ3v) is 8.68. The number of aliphatic hydroxyl groups is 1. The van der Waals surface area contributed by atoms with Crippen molar-refractivity contribution in [3.8, 4) is 17.2 Å². The molecule has 5 atom stereocenters. The first-order valence-corrected chi connectivity index (χ1v) is 12.7. The molecule has 4 heterocycles. The molecule has 0 amide bonds.